The number of nitrogens with zero attached hydrogens (tertiary/aromatic N) is 2. The fourth-order valence-corrected chi connectivity index (χ4v) is 5.04. The number of rotatable bonds is 16. The molecule has 1 unspecified atom stereocenters. The summed E-state index contributed by atoms with van der Waals surface area (Å²) in [5.41, 5.74) is 4.61. The molecule has 5 nitrogen and oxygen atoms in total. The number of ether oxygens (including phenoxy) is 1. The van der Waals surface area contributed by atoms with Crippen LogP contribution in [0, 0.1) is 0 Å². The summed E-state index contributed by atoms with van der Waals surface area (Å²) in [4.78, 5) is 17.1. The van der Waals surface area contributed by atoms with Crippen LogP contribution in [-0.4, -0.2) is 28.6 Å². The lowest BCUT2D eigenvalue weighted by atomic mass is 9.99. The van der Waals surface area contributed by atoms with E-state index in [2.05, 4.69) is 72.3 Å². The number of amides is 1. The van der Waals surface area contributed by atoms with Crippen LogP contribution in [0.3, 0.4) is 0 Å². The van der Waals surface area contributed by atoms with Crippen molar-refractivity contribution in [3.63, 3.8) is 0 Å². The summed E-state index contributed by atoms with van der Waals surface area (Å²) in [6.45, 7) is 6.83. The predicted octanol–water partition coefficient (Wildman–Crippen LogP) is 8.13. The fourth-order valence-electron chi connectivity index (χ4n) is 4.92. The van der Waals surface area contributed by atoms with Crippen molar-refractivity contribution in [2.45, 2.75) is 77.7 Å². The summed E-state index contributed by atoms with van der Waals surface area (Å²) >= 11 is 5.92. The smallest absolute Gasteiger partial charge is 0.224 e. The summed E-state index contributed by atoms with van der Waals surface area (Å²) in [6.07, 6.45) is 7.56. The Morgan fingerprint density at radius 1 is 0.950 bits per heavy atom. The van der Waals surface area contributed by atoms with Gasteiger partial charge in [-0.3, -0.25) is 4.79 Å². The molecule has 0 spiro atoms. The Labute approximate surface area is 243 Å². The number of fused-ring (bicyclic) bond motifs is 1. The van der Waals surface area contributed by atoms with E-state index in [1.165, 1.54) is 11.1 Å². The first-order valence-corrected chi connectivity index (χ1v) is 15.1. The number of para-hydroxylation sites is 2. The molecule has 0 aliphatic rings. The van der Waals surface area contributed by atoms with E-state index in [4.69, 9.17) is 21.3 Å². The van der Waals surface area contributed by atoms with Crippen LogP contribution < -0.4 is 10.1 Å². The largest absolute Gasteiger partial charge is 0.494 e. The topological polar surface area (TPSA) is 56.1 Å². The minimum atomic E-state index is 0.0520. The molecule has 0 bridgehead atoms. The van der Waals surface area contributed by atoms with Gasteiger partial charge in [0.2, 0.25) is 5.91 Å². The summed E-state index contributed by atoms with van der Waals surface area (Å²) in [6, 6.07) is 24.4. The Balaban J connectivity index is 1.18. The standard InChI is InChI=1S/C34H42ClN3O2/c1-3-26(2)28-16-20-30(21-17-28)40-24-10-9-23-38-32-12-7-6-11-31(32)37-33(38)13-5-4-8-22-36-34(39)25-27-14-18-29(35)19-15-27/h6-7,11-12,14-21,26H,3-5,8-10,13,22-25H2,1-2H3,(H,36,39). The van der Waals surface area contributed by atoms with Crippen molar-refractivity contribution in [2.24, 2.45) is 0 Å². The maximum absolute atomic E-state index is 12.2. The number of carbonyl (C=O) groups excluding carboxylic acids is 1. The SMILES string of the molecule is CCC(C)c1ccc(OCCCCn2c(CCCCCNC(=O)Cc3ccc(Cl)cc3)nc3ccccc32)cc1. The van der Waals surface area contributed by atoms with Gasteiger partial charge >= 0.3 is 0 Å². The number of aryl methyl sites for hydroxylation is 2. The normalized spacial score (nSPS) is 12.0. The highest BCUT2D eigenvalue weighted by atomic mass is 35.5. The number of imidazole rings is 1. The molecule has 3 aromatic carbocycles. The summed E-state index contributed by atoms with van der Waals surface area (Å²) in [7, 11) is 0. The minimum Gasteiger partial charge on any atom is -0.494 e. The molecule has 0 saturated heterocycles. The van der Waals surface area contributed by atoms with Crippen molar-refractivity contribution in [1.29, 1.82) is 0 Å². The monoisotopic (exact) mass is 559 g/mol. The van der Waals surface area contributed by atoms with Crippen LogP contribution >= 0.6 is 11.6 Å². The first kappa shape index (κ1) is 29.7. The molecule has 4 rings (SSSR count). The van der Waals surface area contributed by atoms with Gasteiger partial charge in [0.25, 0.3) is 0 Å². The highest BCUT2D eigenvalue weighted by Gasteiger charge is 2.10. The molecule has 0 fully saturated rings. The van der Waals surface area contributed by atoms with Crippen molar-refractivity contribution in [3.8, 4) is 5.75 Å². The van der Waals surface area contributed by atoms with E-state index in [9.17, 15) is 4.79 Å². The van der Waals surface area contributed by atoms with Crippen LogP contribution in [-0.2, 0) is 24.2 Å². The van der Waals surface area contributed by atoms with Gasteiger partial charge in [0, 0.05) is 24.5 Å². The lowest BCUT2D eigenvalue weighted by Crippen LogP contribution is -2.26. The highest BCUT2D eigenvalue weighted by molar-refractivity contribution is 6.30. The van der Waals surface area contributed by atoms with Crippen LogP contribution in [0.4, 0.5) is 0 Å². The first-order chi connectivity index (χ1) is 19.5. The molecule has 4 aromatic rings. The number of benzene rings is 3. The van der Waals surface area contributed by atoms with Crippen molar-refractivity contribution in [2.75, 3.05) is 13.2 Å². The number of hydrogen-bond acceptors (Lipinski definition) is 3. The Morgan fingerprint density at radius 2 is 1.73 bits per heavy atom. The summed E-state index contributed by atoms with van der Waals surface area (Å²) in [5.74, 6) is 2.73. The summed E-state index contributed by atoms with van der Waals surface area (Å²) in [5, 5.41) is 3.72. The molecule has 0 aliphatic heterocycles. The maximum atomic E-state index is 12.2. The number of unbranched alkanes of at least 4 members (excludes halogenated alkanes) is 3. The lowest BCUT2D eigenvalue weighted by molar-refractivity contribution is -0.120. The number of carbonyl (C=O) groups is 1. The second-order valence-corrected chi connectivity index (χ2v) is 11.0. The molecular weight excluding hydrogens is 518 g/mol. The molecule has 1 N–H and O–H groups in total. The second-order valence-electron chi connectivity index (χ2n) is 10.6. The van der Waals surface area contributed by atoms with Crippen LogP contribution in [0.15, 0.2) is 72.8 Å². The van der Waals surface area contributed by atoms with Crippen LogP contribution in [0.5, 0.6) is 5.75 Å². The number of halogens is 1. The van der Waals surface area contributed by atoms with Gasteiger partial charge in [0.05, 0.1) is 24.1 Å². The lowest BCUT2D eigenvalue weighted by Gasteiger charge is -2.12. The van der Waals surface area contributed by atoms with Gasteiger partial charge < -0.3 is 14.6 Å². The Morgan fingerprint density at radius 3 is 2.50 bits per heavy atom. The van der Waals surface area contributed by atoms with Gasteiger partial charge in [-0.05, 0) is 85.5 Å². The predicted molar refractivity (Wildman–Crippen MR) is 165 cm³/mol. The average molecular weight is 560 g/mol. The third-order valence-corrected chi connectivity index (χ3v) is 7.77. The van der Waals surface area contributed by atoms with Crippen molar-refractivity contribution in [3.05, 3.63) is 94.8 Å². The maximum Gasteiger partial charge on any atom is 0.224 e. The van der Waals surface area contributed by atoms with E-state index in [1.807, 2.05) is 24.3 Å². The zero-order chi connectivity index (χ0) is 28.2. The molecule has 1 atom stereocenters. The van der Waals surface area contributed by atoms with Crippen molar-refractivity contribution in [1.82, 2.24) is 14.9 Å². The van der Waals surface area contributed by atoms with Crippen LogP contribution in [0.1, 0.15) is 75.2 Å². The minimum absolute atomic E-state index is 0.0520. The molecule has 6 heteroatoms. The molecule has 0 saturated carbocycles. The highest BCUT2D eigenvalue weighted by Crippen LogP contribution is 2.22. The van der Waals surface area contributed by atoms with E-state index in [-0.39, 0.29) is 5.91 Å². The second kappa shape index (κ2) is 15.5. The van der Waals surface area contributed by atoms with Crippen LogP contribution in [0.25, 0.3) is 11.0 Å². The Bertz CT molecular complexity index is 1330. The Kier molecular flexibility index (Phi) is 11.5. The van der Waals surface area contributed by atoms with Gasteiger partial charge in [0.1, 0.15) is 11.6 Å². The molecular formula is C34H42ClN3O2. The number of nitrogens with one attached hydrogen (secondary N) is 1. The third-order valence-electron chi connectivity index (χ3n) is 7.52. The Hall–Kier alpha value is -3.31. The molecule has 1 heterocycles. The van der Waals surface area contributed by atoms with Gasteiger partial charge in [-0.1, -0.05) is 68.3 Å². The molecule has 0 aliphatic carbocycles. The van der Waals surface area contributed by atoms with E-state index in [1.54, 1.807) is 0 Å². The molecule has 0 radical (unpaired) electrons. The van der Waals surface area contributed by atoms with Gasteiger partial charge in [-0.25, -0.2) is 4.98 Å². The number of aromatic nitrogens is 2. The third kappa shape index (κ3) is 8.85. The molecule has 1 amide bonds. The molecule has 1 aromatic heterocycles. The molecule has 40 heavy (non-hydrogen) atoms. The van der Waals surface area contributed by atoms with Gasteiger partial charge in [0.15, 0.2) is 0 Å². The zero-order valence-electron chi connectivity index (χ0n) is 23.9. The summed E-state index contributed by atoms with van der Waals surface area (Å²) < 4.78 is 8.39. The van der Waals surface area contributed by atoms with E-state index in [0.717, 1.165) is 74.1 Å². The fraction of sp³-hybridized carbons (Fsp3) is 0.412. The molecule has 212 valence electrons. The van der Waals surface area contributed by atoms with E-state index >= 15 is 0 Å². The van der Waals surface area contributed by atoms with Gasteiger partial charge in [-0.2, -0.15) is 0 Å². The van der Waals surface area contributed by atoms with Crippen LogP contribution in [0.2, 0.25) is 5.02 Å². The van der Waals surface area contributed by atoms with E-state index in [0.29, 0.717) is 30.5 Å². The van der Waals surface area contributed by atoms with Crippen molar-refractivity contribution >= 4 is 28.5 Å². The van der Waals surface area contributed by atoms with E-state index < -0.39 is 0 Å². The zero-order valence-corrected chi connectivity index (χ0v) is 24.6. The number of hydrogen-bond donors (Lipinski definition) is 1. The van der Waals surface area contributed by atoms with Gasteiger partial charge in [-0.15, -0.1) is 0 Å². The average Bonchev–Trinajstić information content (AvgIpc) is 3.33. The quantitative estimate of drug-likeness (QED) is 0.141. The van der Waals surface area contributed by atoms with Crippen molar-refractivity contribution < 1.29 is 9.53 Å². The first-order valence-electron chi connectivity index (χ1n) is 14.7.